The summed E-state index contributed by atoms with van der Waals surface area (Å²) in [5, 5.41) is 0.336. The van der Waals surface area contributed by atoms with Gasteiger partial charge in [0.1, 0.15) is 0 Å². The summed E-state index contributed by atoms with van der Waals surface area (Å²) >= 11 is 6.01. The monoisotopic (exact) mass is 324 g/mol. The Morgan fingerprint density at radius 2 is 1.81 bits per heavy atom. The Balaban J connectivity index is 2.31. The van der Waals surface area contributed by atoms with Crippen LogP contribution in [0.1, 0.15) is 24.1 Å². The Bertz CT molecular complexity index is 723. The Kier molecular flexibility index (Phi) is 4.56. The summed E-state index contributed by atoms with van der Waals surface area (Å²) in [7, 11) is -3.68. The molecule has 0 spiro atoms. The van der Waals surface area contributed by atoms with E-state index in [-0.39, 0.29) is 10.9 Å². The second-order valence-electron chi connectivity index (χ2n) is 4.87. The first-order valence-electron chi connectivity index (χ1n) is 6.44. The smallest absolute Gasteiger partial charge is 0.241 e. The molecule has 4 nitrogen and oxygen atoms in total. The molecule has 2 rings (SSSR count). The third kappa shape index (κ3) is 3.56. The van der Waals surface area contributed by atoms with Crippen molar-refractivity contribution in [1.29, 1.82) is 0 Å². The first kappa shape index (κ1) is 15.8. The molecule has 112 valence electrons. The van der Waals surface area contributed by atoms with Crippen molar-refractivity contribution in [2.45, 2.75) is 24.8 Å². The summed E-state index contributed by atoms with van der Waals surface area (Å²) in [5.74, 6) is 0. The second kappa shape index (κ2) is 6.05. The Morgan fingerprint density at radius 3 is 2.38 bits per heavy atom. The zero-order valence-electron chi connectivity index (χ0n) is 11.8. The van der Waals surface area contributed by atoms with Gasteiger partial charge in [-0.2, -0.15) is 0 Å². The van der Waals surface area contributed by atoms with Crippen molar-refractivity contribution >= 4 is 27.3 Å². The van der Waals surface area contributed by atoms with E-state index in [1.54, 1.807) is 13.8 Å². The fraction of sp³-hybridized carbons (Fsp3) is 0.200. The number of benzene rings is 2. The van der Waals surface area contributed by atoms with E-state index in [0.717, 1.165) is 5.56 Å². The van der Waals surface area contributed by atoms with Crippen LogP contribution < -0.4 is 10.5 Å². The summed E-state index contributed by atoms with van der Waals surface area (Å²) < 4.78 is 27.4. The highest BCUT2D eigenvalue weighted by molar-refractivity contribution is 7.89. The highest BCUT2D eigenvalue weighted by Gasteiger charge is 2.20. The van der Waals surface area contributed by atoms with Crippen LogP contribution in [0, 0.1) is 6.92 Å². The first-order valence-corrected chi connectivity index (χ1v) is 8.30. The maximum atomic E-state index is 12.4. The van der Waals surface area contributed by atoms with Crippen LogP contribution in [0.15, 0.2) is 47.4 Å². The van der Waals surface area contributed by atoms with Gasteiger partial charge >= 0.3 is 0 Å². The van der Waals surface area contributed by atoms with E-state index in [1.807, 2.05) is 30.3 Å². The standard InChI is InChI=1S/C15H17ClN2O2S/c1-10-14(16)8-13(9-15(10)17)21(19,20)18-11(2)12-6-4-3-5-7-12/h3-9,11,18H,17H2,1-2H3. The van der Waals surface area contributed by atoms with E-state index < -0.39 is 10.0 Å². The molecule has 1 atom stereocenters. The molecular formula is C15H17ClN2O2S. The van der Waals surface area contributed by atoms with E-state index in [1.165, 1.54) is 12.1 Å². The summed E-state index contributed by atoms with van der Waals surface area (Å²) in [5.41, 5.74) is 7.69. The molecule has 6 heteroatoms. The summed E-state index contributed by atoms with van der Waals surface area (Å²) in [6, 6.07) is 11.8. The number of rotatable bonds is 4. The summed E-state index contributed by atoms with van der Waals surface area (Å²) in [6.07, 6.45) is 0. The lowest BCUT2D eigenvalue weighted by Gasteiger charge is -2.15. The highest BCUT2D eigenvalue weighted by Crippen LogP contribution is 2.26. The maximum Gasteiger partial charge on any atom is 0.241 e. The number of hydrogen-bond donors (Lipinski definition) is 2. The minimum atomic E-state index is -3.68. The number of sulfonamides is 1. The third-order valence-electron chi connectivity index (χ3n) is 3.30. The topological polar surface area (TPSA) is 72.2 Å². The number of halogens is 1. The number of hydrogen-bond acceptors (Lipinski definition) is 3. The van der Waals surface area contributed by atoms with Crippen LogP contribution in [0.3, 0.4) is 0 Å². The molecule has 0 aliphatic heterocycles. The molecule has 21 heavy (non-hydrogen) atoms. The summed E-state index contributed by atoms with van der Waals surface area (Å²) in [4.78, 5) is 0.0679. The zero-order valence-corrected chi connectivity index (χ0v) is 13.4. The number of nitrogens with one attached hydrogen (secondary N) is 1. The Morgan fingerprint density at radius 1 is 1.19 bits per heavy atom. The minimum Gasteiger partial charge on any atom is -0.398 e. The van der Waals surface area contributed by atoms with Crippen LogP contribution in [0.5, 0.6) is 0 Å². The van der Waals surface area contributed by atoms with Crippen LogP contribution >= 0.6 is 11.6 Å². The van der Waals surface area contributed by atoms with Gasteiger partial charge in [-0.05, 0) is 37.1 Å². The van der Waals surface area contributed by atoms with Crippen LogP contribution in [0.25, 0.3) is 0 Å². The minimum absolute atomic E-state index is 0.0679. The van der Waals surface area contributed by atoms with Crippen molar-refractivity contribution in [1.82, 2.24) is 4.72 Å². The van der Waals surface area contributed by atoms with Gasteiger partial charge in [0.15, 0.2) is 0 Å². The predicted molar refractivity (Wildman–Crippen MR) is 85.8 cm³/mol. The van der Waals surface area contributed by atoms with Crippen LogP contribution in [-0.4, -0.2) is 8.42 Å². The van der Waals surface area contributed by atoms with Crippen LogP contribution in [-0.2, 0) is 10.0 Å². The predicted octanol–water partition coefficient (Wildman–Crippen LogP) is 3.27. The Labute approximate surface area is 130 Å². The average Bonchev–Trinajstić information content (AvgIpc) is 2.44. The lowest BCUT2D eigenvalue weighted by Crippen LogP contribution is -2.27. The highest BCUT2D eigenvalue weighted by atomic mass is 35.5. The number of anilines is 1. The molecule has 1 unspecified atom stereocenters. The molecule has 0 radical (unpaired) electrons. The van der Waals surface area contributed by atoms with Crippen molar-refractivity contribution in [2.75, 3.05) is 5.73 Å². The van der Waals surface area contributed by atoms with Crippen molar-refractivity contribution < 1.29 is 8.42 Å². The van der Waals surface area contributed by atoms with Gasteiger partial charge < -0.3 is 5.73 Å². The third-order valence-corrected chi connectivity index (χ3v) is 5.21. The van der Waals surface area contributed by atoms with E-state index in [0.29, 0.717) is 16.3 Å². The molecule has 3 N–H and O–H groups in total. The first-order chi connectivity index (χ1) is 9.81. The van der Waals surface area contributed by atoms with Gasteiger partial charge in [0.25, 0.3) is 0 Å². The van der Waals surface area contributed by atoms with Gasteiger partial charge in [-0.3, -0.25) is 0 Å². The quantitative estimate of drug-likeness (QED) is 0.848. The van der Waals surface area contributed by atoms with Crippen molar-refractivity contribution in [3.63, 3.8) is 0 Å². The van der Waals surface area contributed by atoms with Gasteiger partial charge in [0.05, 0.1) is 4.90 Å². The number of nitrogens with two attached hydrogens (primary N) is 1. The molecule has 0 amide bonds. The molecule has 0 saturated carbocycles. The van der Waals surface area contributed by atoms with Crippen molar-refractivity contribution in [2.24, 2.45) is 0 Å². The largest absolute Gasteiger partial charge is 0.398 e. The fourth-order valence-corrected chi connectivity index (χ4v) is 3.52. The van der Waals surface area contributed by atoms with Crippen molar-refractivity contribution in [3.05, 3.63) is 58.6 Å². The van der Waals surface area contributed by atoms with Crippen molar-refractivity contribution in [3.8, 4) is 0 Å². The van der Waals surface area contributed by atoms with Gasteiger partial charge in [0.2, 0.25) is 10.0 Å². The van der Waals surface area contributed by atoms with E-state index >= 15 is 0 Å². The van der Waals surface area contributed by atoms with Gasteiger partial charge in [0, 0.05) is 16.8 Å². The van der Waals surface area contributed by atoms with E-state index in [4.69, 9.17) is 17.3 Å². The number of nitrogen functional groups attached to an aromatic ring is 1. The van der Waals surface area contributed by atoms with E-state index in [2.05, 4.69) is 4.72 Å². The normalized spacial score (nSPS) is 13.1. The molecule has 0 aliphatic carbocycles. The zero-order chi connectivity index (χ0) is 15.6. The molecule has 0 bridgehead atoms. The fourth-order valence-electron chi connectivity index (χ4n) is 1.94. The van der Waals surface area contributed by atoms with Gasteiger partial charge in [-0.25, -0.2) is 13.1 Å². The summed E-state index contributed by atoms with van der Waals surface area (Å²) in [6.45, 7) is 3.53. The van der Waals surface area contributed by atoms with Crippen LogP contribution in [0.2, 0.25) is 5.02 Å². The van der Waals surface area contributed by atoms with E-state index in [9.17, 15) is 8.42 Å². The maximum absolute atomic E-state index is 12.4. The second-order valence-corrected chi connectivity index (χ2v) is 6.99. The molecule has 0 aromatic heterocycles. The van der Waals surface area contributed by atoms with Gasteiger partial charge in [-0.1, -0.05) is 41.9 Å². The van der Waals surface area contributed by atoms with Crippen LogP contribution in [0.4, 0.5) is 5.69 Å². The molecular weight excluding hydrogens is 308 g/mol. The molecule has 2 aromatic carbocycles. The van der Waals surface area contributed by atoms with Gasteiger partial charge in [-0.15, -0.1) is 0 Å². The molecule has 2 aromatic rings. The molecule has 0 heterocycles. The molecule has 0 aliphatic rings. The lowest BCUT2D eigenvalue weighted by molar-refractivity contribution is 0.567. The average molecular weight is 325 g/mol. The SMILES string of the molecule is Cc1c(N)cc(S(=O)(=O)NC(C)c2ccccc2)cc1Cl. The lowest BCUT2D eigenvalue weighted by atomic mass is 10.1. The molecule has 0 saturated heterocycles. The molecule has 0 fully saturated rings. The Hall–Kier alpha value is -1.56.